The molecule has 1 aliphatic heterocycles. The zero-order valence-electron chi connectivity index (χ0n) is 12.8. The molecule has 1 aromatic rings. The lowest BCUT2D eigenvalue weighted by molar-refractivity contribution is 0.250. The van der Waals surface area contributed by atoms with Crippen molar-refractivity contribution in [1.29, 1.82) is 0 Å². The summed E-state index contributed by atoms with van der Waals surface area (Å²) >= 11 is 0. The molecule has 1 fully saturated rings. The Labute approximate surface area is 134 Å². The minimum absolute atomic E-state index is 0. The number of nitrogens with zero attached hydrogens (tertiary/aromatic N) is 1. The summed E-state index contributed by atoms with van der Waals surface area (Å²) in [6.07, 6.45) is 8.36. The van der Waals surface area contributed by atoms with Gasteiger partial charge in [0.1, 0.15) is 6.61 Å². The van der Waals surface area contributed by atoms with E-state index in [1.165, 1.54) is 32.4 Å². The lowest BCUT2D eigenvalue weighted by Crippen LogP contribution is -2.29. The van der Waals surface area contributed by atoms with Crippen LogP contribution >= 0.6 is 12.4 Å². The van der Waals surface area contributed by atoms with Crippen molar-refractivity contribution in [2.24, 2.45) is 0 Å². The van der Waals surface area contributed by atoms with Crippen LogP contribution in [0.3, 0.4) is 0 Å². The molecule has 0 radical (unpaired) electrons. The molecular formula is C17H26ClNO2. The van der Waals surface area contributed by atoms with Crippen molar-refractivity contribution in [3.8, 4) is 11.5 Å². The van der Waals surface area contributed by atoms with Gasteiger partial charge in [-0.2, -0.15) is 0 Å². The average Bonchev–Trinajstić information content (AvgIpc) is 2.50. The number of hydrogen-bond acceptors (Lipinski definition) is 3. The van der Waals surface area contributed by atoms with Gasteiger partial charge in [0.15, 0.2) is 11.5 Å². The Morgan fingerprint density at radius 2 is 1.67 bits per heavy atom. The summed E-state index contributed by atoms with van der Waals surface area (Å²) in [4.78, 5) is 2.49. The molecule has 0 atom stereocenters. The third-order valence-electron chi connectivity index (χ3n) is 3.46. The maximum atomic E-state index is 5.75. The number of piperidine rings is 1. The molecule has 0 unspecified atom stereocenters. The number of para-hydroxylation sites is 2. The molecule has 1 heterocycles. The maximum Gasteiger partial charge on any atom is 0.161 e. The first-order chi connectivity index (χ1) is 9.90. The first kappa shape index (κ1) is 17.9. The molecule has 0 bridgehead atoms. The highest BCUT2D eigenvalue weighted by atomic mass is 35.5. The summed E-state index contributed by atoms with van der Waals surface area (Å²) in [5.74, 6) is 1.64. The van der Waals surface area contributed by atoms with Gasteiger partial charge in [-0.15, -0.1) is 12.4 Å². The number of ether oxygens (including phenoxy) is 2. The summed E-state index contributed by atoms with van der Waals surface area (Å²) in [5.41, 5.74) is 0. The second-order valence-electron chi connectivity index (χ2n) is 5.02. The van der Waals surface area contributed by atoms with Crippen LogP contribution in [0.2, 0.25) is 0 Å². The van der Waals surface area contributed by atoms with Crippen LogP contribution in [0.5, 0.6) is 11.5 Å². The van der Waals surface area contributed by atoms with E-state index in [2.05, 4.69) is 17.1 Å². The number of benzene rings is 1. The normalized spacial score (nSPS) is 15.7. The van der Waals surface area contributed by atoms with Gasteiger partial charge in [0.25, 0.3) is 0 Å². The Kier molecular flexibility index (Phi) is 8.95. The fraction of sp³-hybridized carbons (Fsp3) is 0.529. The van der Waals surface area contributed by atoms with Crippen molar-refractivity contribution in [2.45, 2.75) is 26.2 Å². The Morgan fingerprint density at radius 3 is 2.33 bits per heavy atom. The standard InChI is InChI=1S/C17H25NO2.ClH/c1-2-19-16-10-4-5-11-17(16)20-15-9-8-14-18-12-6-3-7-13-18;/h4-5,8-11H,2-3,6-7,12-15H2,1H3;1H. The van der Waals surface area contributed by atoms with E-state index in [0.717, 1.165) is 18.0 Å². The highest BCUT2D eigenvalue weighted by molar-refractivity contribution is 5.85. The molecule has 1 aliphatic rings. The van der Waals surface area contributed by atoms with E-state index >= 15 is 0 Å². The van der Waals surface area contributed by atoms with Gasteiger partial charge in [0, 0.05) is 6.54 Å². The number of likely N-dealkylation sites (tertiary alicyclic amines) is 1. The molecule has 21 heavy (non-hydrogen) atoms. The molecule has 2 rings (SSSR count). The Balaban J connectivity index is 0.00000220. The van der Waals surface area contributed by atoms with Gasteiger partial charge in [-0.25, -0.2) is 0 Å². The molecule has 0 saturated carbocycles. The predicted molar refractivity (Wildman–Crippen MR) is 89.8 cm³/mol. The van der Waals surface area contributed by atoms with Crippen LogP contribution < -0.4 is 9.47 Å². The zero-order chi connectivity index (χ0) is 14.0. The molecule has 4 heteroatoms. The molecule has 0 amide bonds. The Bertz CT molecular complexity index is 417. The Morgan fingerprint density at radius 1 is 1.00 bits per heavy atom. The quantitative estimate of drug-likeness (QED) is 0.712. The van der Waals surface area contributed by atoms with E-state index in [1.54, 1.807) is 0 Å². The smallest absolute Gasteiger partial charge is 0.161 e. The molecule has 0 spiro atoms. The third-order valence-corrected chi connectivity index (χ3v) is 3.46. The number of rotatable bonds is 7. The lowest BCUT2D eigenvalue weighted by atomic mass is 10.1. The fourth-order valence-electron chi connectivity index (χ4n) is 2.42. The average molecular weight is 312 g/mol. The van der Waals surface area contributed by atoms with Crippen LogP contribution in [0.25, 0.3) is 0 Å². The van der Waals surface area contributed by atoms with Gasteiger partial charge in [0.2, 0.25) is 0 Å². The second kappa shape index (κ2) is 10.5. The van der Waals surface area contributed by atoms with Gasteiger partial charge >= 0.3 is 0 Å². The van der Waals surface area contributed by atoms with Crippen LogP contribution in [-0.2, 0) is 0 Å². The third kappa shape index (κ3) is 6.40. The largest absolute Gasteiger partial charge is 0.490 e. The van der Waals surface area contributed by atoms with E-state index in [1.807, 2.05) is 31.2 Å². The summed E-state index contributed by atoms with van der Waals surface area (Å²) in [6.45, 7) is 6.74. The monoisotopic (exact) mass is 311 g/mol. The SMILES string of the molecule is CCOc1ccccc1OCC=CCN1CCCCC1.Cl. The topological polar surface area (TPSA) is 21.7 Å². The first-order valence-corrected chi connectivity index (χ1v) is 7.62. The summed E-state index contributed by atoms with van der Waals surface area (Å²) in [5, 5.41) is 0. The van der Waals surface area contributed by atoms with Crippen molar-refractivity contribution in [1.82, 2.24) is 4.90 Å². The van der Waals surface area contributed by atoms with Crippen LogP contribution in [0.4, 0.5) is 0 Å². The summed E-state index contributed by atoms with van der Waals surface area (Å²) in [6, 6.07) is 7.82. The summed E-state index contributed by atoms with van der Waals surface area (Å²) in [7, 11) is 0. The van der Waals surface area contributed by atoms with E-state index in [0.29, 0.717) is 13.2 Å². The molecule has 1 aromatic carbocycles. The summed E-state index contributed by atoms with van der Waals surface area (Å²) < 4.78 is 11.3. The van der Waals surface area contributed by atoms with E-state index in [4.69, 9.17) is 9.47 Å². The van der Waals surface area contributed by atoms with E-state index < -0.39 is 0 Å². The van der Waals surface area contributed by atoms with Crippen molar-refractivity contribution >= 4 is 12.4 Å². The molecule has 118 valence electrons. The van der Waals surface area contributed by atoms with Gasteiger partial charge < -0.3 is 9.47 Å². The van der Waals surface area contributed by atoms with Crippen molar-refractivity contribution in [2.75, 3.05) is 32.8 Å². The van der Waals surface area contributed by atoms with Crippen LogP contribution in [0.15, 0.2) is 36.4 Å². The van der Waals surface area contributed by atoms with E-state index in [9.17, 15) is 0 Å². The number of hydrogen-bond donors (Lipinski definition) is 0. The van der Waals surface area contributed by atoms with Gasteiger partial charge in [0.05, 0.1) is 6.61 Å². The molecule has 0 N–H and O–H groups in total. The van der Waals surface area contributed by atoms with Crippen molar-refractivity contribution < 1.29 is 9.47 Å². The van der Waals surface area contributed by atoms with Crippen molar-refractivity contribution in [3.63, 3.8) is 0 Å². The van der Waals surface area contributed by atoms with Crippen LogP contribution in [0.1, 0.15) is 26.2 Å². The predicted octanol–water partition coefficient (Wildman–Crippen LogP) is 3.93. The second-order valence-corrected chi connectivity index (χ2v) is 5.02. The molecule has 3 nitrogen and oxygen atoms in total. The van der Waals surface area contributed by atoms with Crippen LogP contribution in [-0.4, -0.2) is 37.7 Å². The van der Waals surface area contributed by atoms with Gasteiger partial charge in [-0.3, -0.25) is 4.90 Å². The van der Waals surface area contributed by atoms with E-state index in [-0.39, 0.29) is 12.4 Å². The molecule has 0 aromatic heterocycles. The maximum absolute atomic E-state index is 5.75. The lowest BCUT2D eigenvalue weighted by Gasteiger charge is -2.24. The van der Waals surface area contributed by atoms with Crippen molar-refractivity contribution in [3.05, 3.63) is 36.4 Å². The molecule has 0 aliphatic carbocycles. The van der Waals surface area contributed by atoms with Gasteiger partial charge in [-0.1, -0.05) is 30.7 Å². The molecule has 1 saturated heterocycles. The van der Waals surface area contributed by atoms with Gasteiger partial charge in [-0.05, 0) is 45.0 Å². The molecular weight excluding hydrogens is 286 g/mol. The minimum Gasteiger partial charge on any atom is -0.490 e. The number of halogens is 1. The first-order valence-electron chi connectivity index (χ1n) is 7.62. The minimum atomic E-state index is 0. The Hall–Kier alpha value is -1.19. The van der Waals surface area contributed by atoms with Crippen LogP contribution in [0, 0.1) is 0 Å². The fourth-order valence-corrected chi connectivity index (χ4v) is 2.42. The highest BCUT2D eigenvalue weighted by Gasteiger charge is 2.07. The highest BCUT2D eigenvalue weighted by Crippen LogP contribution is 2.26. The zero-order valence-corrected chi connectivity index (χ0v) is 13.6.